The summed E-state index contributed by atoms with van der Waals surface area (Å²) in [6, 6.07) is 7.10. The van der Waals surface area contributed by atoms with E-state index in [1.165, 1.54) is 16.7 Å². The van der Waals surface area contributed by atoms with Crippen molar-refractivity contribution in [1.29, 1.82) is 0 Å². The summed E-state index contributed by atoms with van der Waals surface area (Å²) in [7, 11) is 0. The lowest BCUT2D eigenvalue weighted by Crippen LogP contribution is -2.45. The monoisotopic (exact) mass is 353 g/mol. The molecule has 0 aliphatic carbocycles. The van der Waals surface area contributed by atoms with Gasteiger partial charge in [0.25, 0.3) is 5.91 Å². The summed E-state index contributed by atoms with van der Waals surface area (Å²) in [5, 5.41) is 3.53. The summed E-state index contributed by atoms with van der Waals surface area (Å²) in [5.41, 5.74) is 0.285. The Morgan fingerprint density at radius 1 is 1.39 bits per heavy atom. The van der Waals surface area contributed by atoms with Gasteiger partial charge in [0.15, 0.2) is 5.17 Å². The number of amides is 2. The topological polar surface area (TPSA) is 61.8 Å². The van der Waals surface area contributed by atoms with Crippen LogP contribution < -0.4 is 10.2 Å². The third-order valence-electron chi connectivity index (χ3n) is 3.03. The van der Waals surface area contributed by atoms with Crippen LogP contribution in [0.4, 0.5) is 5.69 Å². The van der Waals surface area contributed by atoms with Crippen molar-refractivity contribution in [3.8, 4) is 0 Å². The van der Waals surface area contributed by atoms with Gasteiger partial charge in [-0.05, 0) is 39.8 Å². The van der Waals surface area contributed by atoms with Gasteiger partial charge in [0, 0.05) is 5.54 Å². The number of para-hydroxylation sites is 1. The number of anilines is 1. The number of carbonyl (C=O) groups excluding carboxylic acids is 2. The Labute approximate surface area is 145 Å². The van der Waals surface area contributed by atoms with Gasteiger partial charge in [-0.3, -0.25) is 19.5 Å². The van der Waals surface area contributed by atoms with E-state index < -0.39 is 0 Å². The molecule has 0 saturated carbocycles. The molecule has 2 amide bonds. The second kappa shape index (κ2) is 6.93. The predicted molar refractivity (Wildman–Crippen MR) is 96.2 cm³/mol. The molecule has 0 saturated heterocycles. The van der Waals surface area contributed by atoms with Crippen LogP contribution in [0.1, 0.15) is 27.7 Å². The Hall–Kier alpha value is -1.53. The summed E-state index contributed by atoms with van der Waals surface area (Å²) in [6.45, 7) is 7.64. The van der Waals surface area contributed by atoms with Gasteiger partial charge in [0.1, 0.15) is 6.54 Å². The number of halogens is 1. The normalized spacial score (nSPS) is 16.3. The van der Waals surface area contributed by atoms with Crippen LogP contribution in [-0.4, -0.2) is 34.3 Å². The van der Waals surface area contributed by atoms with Crippen molar-refractivity contribution in [3.63, 3.8) is 0 Å². The van der Waals surface area contributed by atoms with Crippen molar-refractivity contribution in [3.05, 3.63) is 29.3 Å². The largest absolute Gasteiger partial charge is 0.351 e. The van der Waals surface area contributed by atoms with Crippen LogP contribution in [0.15, 0.2) is 29.3 Å². The molecular formula is C16H20ClN3O2S. The van der Waals surface area contributed by atoms with Crippen LogP contribution >= 0.6 is 23.4 Å². The average molecular weight is 354 g/mol. The molecule has 1 N–H and O–H groups in total. The Bertz CT molecular complexity index is 655. The van der Waals surface area contributed by atoms with Crippen molar-refractivity contribution < 1.29 is 9.59 Å². The summed E-state index contributed by atoms with van der Waals surface area (Å²) in [6.07, 6.45) is 0. The van der Waals surface area contributed by atoms with Gasteiger partial charge in [-0.15, -0.1) is 0 Å². The summed E-state index contributed by atoms with van der Waals surface area (Å²) in [4.78, 5) is 30.1. The first kappa shape index (κ1) is 17.8. The van der Waals surface area contributed by atoms with Crippen molar-refractivity contribution >= 4 is 46.0 Å². The lowest BCUT2D eigenvalue weighted by atomic mass is 10.1. The van der Waals surface area contributed by atoms with Gasteiger partial charge >= 0.3 is 0 Å². The van der Waals surface area contributed by atoms with Crippen LogP contribution in [0, 0.1) is 0 Å². The van der Waals surface area contributed by atoms with Crippen molar-refractivity contribution in [1.82, 2.24) is 5.32 Å². The molecule has 1 heterocycles. The maximum absolute atomic E-state index is 12.2. The standard InChI is InChI=1S/C16H20ClN3O2S/c1-10(14(22)19-16(2,3)4)23-15-18-9-13(21)20(15)12-8-6-5-7-11(12)17/h5-8,10H,9H2,1-4H3,(H,19,22)/t10-/m1/s1. The van der Waals surface area contributed by atoms with Gasteiger partial charge in [0.2, 0.25) is 5.91 Å². The average Bonchev–Trinajstić information content (AvgIpc) is 2.78. The van der Waals surface area contributed by atoms with Crippen molar-refractivity contribution in [2.75, 3.05) is 11.4 Å². The molecule has 0 spiro atoms. The molecule has 0 bridgehead atoms. The number of rotatable bonds is 3. The molecule has 1 aliphatic rings. The molecule has 124 valence electrons. The van der Waals surface area contributed by atoms with Gasteiger partial charge in [-0.1, -0.05) is 35.5 Å². The number of benzene rings is 1. The summed E-state index contributed by atoms with van der Waals surface area (Å²) < 4.78 is 0. The van der Waals surface area contributed by atoms with E-state index in [-0.39, 0.29) is 29.1 Å². The summed E-state index contributed by atoms with van der Waals surface area (Å²) >= 11 is 7.44. The van der Waals surface area contributed by atoms with E-state index in [0.717, 1.165) is 0 Å². The SMILES string of the molecule is C[C@@H](SC1=NCC(=O)N1c1ccccc1Cl)C(=O)NC(C)(C)C. The second-order valence-electron chi connectivity index (χ2n) is 6.28. The van der Waals surface area contributed by atoms with E-state index in [4.69, 9.17) is 11.6 Å². The fourth-order valence-electron chi connectivity index (χ4n) is 2.03. The highest BCUT2D eigenvalue weighted by molar-refractivity contribution is 8.15. The molecule has 1 aliphatic heterocycles. The molecule has 7 heteroatoms. The zero-order valence-electron chi connectivity index (χ0n) is 13.6. The van der Waals surface area contributed by atoms with E-state index in [1.807, 2.05) is 26.8 Å². The molecule has 0 aromatic heterocycles. The Morgan fingerprint density at radius 3 is 2.65 bits per heavy atom. The zero-order valence-corrected chi connectivity index (χ0v) is 15.2. The maximum Gasteiger partial charge on any atom is 0.254 e. The number of carbonyl (C=O) groups is 2. The Kier molecular flexibility index (Phi) is 5.37. The number of nitrogens with zero attached hydrogens (tertiary/aromatic N) is 2. The molecule has 2 rings (SSSR count). The highest BCUT2D eigenvalue weighted by Gasteiger charge is 2.32. The minimum absolute atomic E-state index is 0.0706. The first-order valence-corrected chi connectivity index (χ1v) is 8.55. The molecule has 0 unspecified atom stereocenters. The maximum atomic E-state index is 12.2. The Morgan fingerprint density at radius 2 is 2.04 bits per heavy atom. The van der Waals surface area contributed by atoms with E-state index in [0.29, 0.717) is 15.9 Å². The summed E-state index contributed by atoms with van der Waals surface area (Å²) in [5.74, 6) is -0.243. The zero-order chi connectivity index (χ0) is 17.2. The van der Waals surface area contributed by atoms with Crippen LogP contribution in [0.2, 0.25) is 5.02 Å². The van der Waals surface area contributed by atoms with E-state index in [2.05, 4.69) is 10.3 Å². The fraction of sp³-hybridized carbons (Fsp3) is 0.438. The number of amidine groups is 1. The quantitative estimate of drug-likeness (QED) is 0.908. The molecule has 1 atom stereocenters. The minimum atomic E-state index is -0.371. The molecular weight excluding hydrogens is 334 g/mol. The minimum Gasteiger partial charge on any atom is -0.351 e. The lowest BCUT2D eigenvalue weighted by molar-refractivity contribution is -0.121. The van der Waals surface area contributed by atoms with Crippen molar-refractivity contribution in [2.45, 2.75) is 38.5 Å². The van der Waals surface area contributed by atoms with Gasteiger partial charge < -0.3 is 5.32 Å². The molecule has 5 nitrogen and oxygen atoms in total. The molecule has 1 aromatic carbocycles. The van der Waals surface area contributed by atoms with E-state index >= 15 is 0 Å². The molecule has 23 heavy (non-hydrogen) atoms. The van der Waals surface area contributed by atoms with Gasteiger partial charge in [-0.2, -0.15) is 0 Å². The third-order valence-corrected chi connectivity index (χ3v) is 4.44. The first-order chi connectivity index (χ1) is 10.7. The van der Waals surface area contributed by atoms with Crippen LogP contribution in [0.25, 0.3) is 0 Å². The second-order valence-corrected chi connectivity index (χ2v) is 7.99. The number of hydrogen-bond donors (Lipinski definition) is 1. The van der Waals surface area contributed by atoms with E-state index in [9.17, 15) is 9.59 Å². The van der Waals surface area contributed by atoms with Gasteiger partial charge in [-0.25, -0.2) is 0 Å². The number of aliphatic imine (C=N–C) groups is 1. The highest BCUT2D eigenvalue weighted by Crippen LogP contribution is 2.31. The third kappa shape index (κ3) is 4.48. The van der Waals surface area contributed by atoms with E-state index in [1.54, 1.807) is 25.1 Å². The predicted octanol–water partition coefficient (Wildman–Crippen LogP) is 3.08. The van der Waals surface area contributed by atoms with Crippen LogP contribution in [0.5, 0.6) is 0 Å². The van der Waals surface area contributed by atoms with Crippen molar-refractivity contribution in [2.24, 2.45) is 4.99 Å². The van der Waals surface area contributed by atoms with Gasteiger partial charge in [0.05, 0.1) is 16.0 Å². The Balaban J connectivity index is 2.14. The molecule has 1 aromatic rings. The number of nitrogens with one attached hydrogen (secondary N) is 1. The highest BCUT2D eigenvalue weighted by atomic mass is 35.5. The number of hydrogen-bond acceptors (Lipinski definition) is 4. The first-order valence-electron chi connectivity index (χ1n) is 7.29. The molecule has 0 radical (unpaired) electrons. The van der Waals surface area contributed by atoms with Crippen LogP contribution in [0.3, 0.4) is 0 Å². The number of thioether (sulfide) groups is 1. The lowest BCUT2D eigenvalue weighted by Gasteiger charge is -2.24. The van der Waals surface area contributed by atoms with Crippen LogP contribution in [-0.2, 0) is 9.59 Å². The fourth-order valence-corrected chi connectivity index (χ4v) is 3.17. The smallest absolute Gasteiger partial charge is 0.254 e. The molecule has 0 fully saturated rings.